The van der Waals surface area contributed by atoms with Gasteiger partial charge < -0.3 is 19.3 Å². The fourth-order valence-corrected chi connectivity index (χ4v) is 6.47. The zero-order chi connectivity index (χ0) is 28.5. The minimum Gasteiger partial charge on any atom is -0.469 e. The van der Waals surface area contributed by atoms with Gasteiger partial charge in [0.2, 0.25) is 5.91 Å². The molecule has 3 aromatic rings. The van der Waals surface area contributed by atoms with E-state index < -0.39 is 11.8 Å². The molecule has 0 N–H and O–H groups in total. The molecule has 2 saturated carbocycles. The van der Waals surface area contributed by atoms with Crippen LogP contribution < -0.4 is 9.64 Å². The Morgan fingerprint density at radius 1 is 0.902 bits per heavy atom. The molecule has 7 nitrogen and oxygen atoms in total. The van der Waals surface area contributed by atoms with Crippen LogP contribution in [-0.4, -0.2) is 41.9 Å². The molecule has 3 aliphatic rings. The van der Waals surface area contributed by atoms with Gasteiger partial charge in [0.25, 0.3) is 5.91 Å². The summed E-state index contributed by atoms with van der Waals surface area (Å²) >= 11 is 0. The second-order valence-electron chi connectivity index (χ2n) is 11.0. The van der Waals surface area contributed by atoms with E-state index in [2.05, 4.69) is 0 Å². The van der Waals surface area contributed by atoms with E-state index in [1.807, 2.05) is 35.2 Å². The maximum Gasteiger partial charge on any atom is 0.306 e. The van der Waals surface area contributed by atoms with Crippen LogP contribution in [0.2, 0.25) is 0 Å². The predicted molar refractivity (Wildman–Crippen MR) is 151 cm³/mol. The molecule has 1 aliphatic heterocycles. The fourth-order valence-electron chi connectivity index (χ4n) is 6.47. The van der Waals surface area contributed by atoms with Crippen molar-refractivity contribution in [3.05, 3.63) is 89.7 Å². The lowest BCUT2D eigenvalue weighted by molar-refractivity contribution is -0.145. The summed E-state index contributed by atoms with van der Waals surface area (Å²) in [6, 6.07) is 20.6. The van der Waals surface area contributed by atoms with E-state index in [9.17, 15) is 18.8 Å². The average Bonchev–Trinajstić information content (AvgIpc) is 3.71. The lowest BCUT2D eigenvalue weighted by Gasteiger charge is -2.48. The molecule has 2 amide bonds. The van der Waals surface area contributed by atoms with Gasteiger partial charge in [-0.25, -0.2) is 4.39 Å². The molecule has 8 heteroatoms. The number of amides is 2. The van der Waals surface area contributed by atoms with Gasteiger partial charge in [-0.2, -0.15) is 0 Å². The molecule has 3 aromatic carbocycles. The molecule has 1 heterocycles. The van der Waals surface area contributed by atoms with Crippen molar-refractivity contribution < 1.29 is 28.2 Å². The van der Waals surface area contributed by atoms with Crippen LogP contribution in [0.4, 0.5) is 10.1 Å². The SMILES string of the molecule is COC(=O)CCC(=O)N(C1CC1)C1c2ccc(F)cc2N(C(=O)c2ccc(Oc3ccccc3)cc2)C2CCCC21. The molecule has 6 rings (SSSR count). The van der Waals surface area contributed by atoms with Crippen molar-refractivity contribution in [1.29, 1.82) is 0 Å². The van der Waals surface area contributed by atoms with Crippen LogP contribution in [-0.2, 0) is 14.3 Å². The zero-order valence-corrected chi connectivity index (χ0v) is 23.0. The highest BCUT2D eigenvalue weighted by molar-refractivity contribution is 6.07. The number of nitrogens with zero attached hydrogens (tertiary/aromatic N) is 2. The number of methoxy groups -OCH3 is 1. The molecule has 3 unspecified atom stereocenters. The van der Waals surface area contributed by atoms with Crippen molar-refractivity contribution in [3.8, 4) is 11.5 Å². The Balaban J connectivity index is 1.32. The van der Waals surface area contributed by atoms with Crippen molar-refractivity contribution in [3.63, 3.8) is 0 Å². The van der Waals surface area contributed by atoms with E-state index in [0.717, 1.165) is 37.7 Å². The molecule has 41 heavy (non-hydrogen) atoms. The minimum atomic E-state index is -0.432. The number of carbonyl (C=O) groups excluding carboxylic acids is 3. The third-order valence-corrected chi connectivity index (χ3v) is 8.44. The van der Waals surface area contributed by atoms with Crippen molar-refractivity contribution in [2.24, 2.45) is 5.92 Å². The predicted octanol–water partition coefficient (Wildman–Crippen LogP) is 6.43. The van der Waals surface area contributed by atoms with Gasteiger partial charge in [0, 0.05) is 30.0 Å². The summed E-state index contributed by atoms with van der Waals surface area (Å²) < 4.78 is 25.4. The van der Waals surface area contributed by atoms with Gasteiger partial charge in [0.1, 0.15) is 17.3 Å². The summed E-state index contributed by atoms with van der Waals surface area (Å²) in [6.45, 7) is 0. The van der Waals surface area contributed by atoms with Crippen LogP contribution in [0, 0.1) is 11.7 Å². The number of benzene rings is 3. The first-order valence-electron chi connectivity index (χ1n) is 14.3. The highest BCUT2D eigenvalue weighted by Crippen LogP contribution is 2.53. The molecular weight excluding hydrogens is 523 g/mol. The number of para-hydroxylation sites is 1. The molecule has 0 aromatic heterocycles. The number of ether oxygens (including phenoxy) is 2. The lowest BCUT2D eigenvalue weighted by Crippen LogP contribution is -2.53. The Kier molecular flexibility index (Phi) is 7.47. The van der Waals surface area contributed by atoms with E-state index in [1.54, 1.807) is 35.2 Å². The molecule has 0 spiro atoms. The normalized spacial score (nSPS) is 21.0. The Labute approximate surface area is 238 Å². The molecular formula is C33H33FN2O5. The van der Waals surface area contributed by atoms with E-state index in [-0.39, 0.29) is 48.7 Å². The van der Waals surface area contributed by atoms with Gasteiger partial charge in [-0.15, -0.1) is 0 Å². The van der Waals surface area contributed by atoms with Crippen LogP contribution in [0.5, 0.6) is 11.5 Å². The Hall–Kier alpha value is -4.20. The van der Waals surface area contributed by atoms with Crippen LogP contribution in [0.1, 0.15) is 66.9 Å². The van der Waals surface area contributed by atoms with Crippen molar-refractivity contribution in [1.82, 2.24) is 4.90 Å². The third kappa shape index (κ3) is 5.43. The topological polar surface area (TPSA) is 76.2 Å². The van der Waals surface area contributed by atoms with Crippen molar-refractivity contribution >= 4 is 23.5 Å². The van der Waals surface area contributed by atoms with Gasteiger partial charge >= 0.3 is 5.97 Å². The summed E-state index contributed by atoms with van der Waals surface area (Å²) in [4.78, 5) is 43.1. The number of halogens is 1. The quantitative estimate of drug-likeness (QED) is 0.299. The molecule has 0 radical (unpaired) electrons. The maximum atomic E-state index is 14.8. The second-order valence-corrected chi connectivity index (χ2v) is 11.0. The minimum absolute atomic E-state index is 0.0141. The summed E-state index contributed by atoms with van der Waals surface area (Å²) in [5, 5.41) is 0. The summed E-state index contributed by atoms with van der Waals surface area (Å²) in [5.74, 6) is 0.177. The fraction of sp³-hybridized carbons (Fsp3) is 0.364. The van der Waals surface area contributed by atoms with Crippen LogP contribution in [0.25, 0.3) is 0 Å². The van der Waals surface area contributed by atoms with Crippen LogP contribution in [0.3, 0.4) is 0 Å². The van der Waals surface area contributed by atoms with Crippen LogP contribution >= 0.6 is 0 Å². The molecule has 0 saturated heterocycles. The maximum absolute atomic E-state index is 14.8. The van der Waals surface area contributed by atoms with E-state index in [0.29, 0.717) is 22.7 Å². The summed E-state index contributed by atoms with van der Waals surface area (Å²) in [5.41, 5.74) is 1.78. The highest BCUT2D eigenvalue weighted by atomic mass is 19.1. The van der Waals surface area contributed by atoms with Gasteiger partial charge in [0.05, 0.1) is 25.3 Å². The number of esters is 1. The molecule has 212 valence electrons. The highest BCUT2D eigenvalue weighted by Gasteiger charge is 2.51. The standard InChI is InChI=1S/C33H33FN2O5/c1-40-31(38)19-18-30(37)35(23-13-14-23)32-26-8-5-9-28(26)36(29-20-22(34)12-17-27(29)32)33(39)21-10-15-25(16-11-21)41-24-6-3-2-4-7-24/h2-4,6-7,10-12,15-17,20,23,26,28,32H,5,8-9,13-14,18-19H2,1H3. The lowest BCUT2D eigenvalue weighted by atomic mass is 9.81. The van der Waals surface area contributed by atoms with Gasteiger partial charge in [0.15, 0.2) is 0 Å². The zero-order valence-electron chi connectivity index (χ0n) is 23.0. The number of hydrogen-bond acceptors (Lipinski definition) is 5. The summed E-state index contributed by atoms with van der Waals surface area (Å²) in [7, 11) is 1.32. The number of fused-ring (bicyclic) bond motifs is 2. The monoisotopic (exact) mass is 556 g/mol. The first-order chi connectivity index (χ1) is 19.9. The van der Waals surface area contributed by atoms with E-state index in [4.69, 9.17) is 9.47 Å². The van der Waals surface area contributed by atoms with Gasteiger partial charge in [-0.05, 0) is 79.8 Å². The third-order valence-electron chi connectivity index (χ3n) is 8.44. The molecule has 2 fully saturated rings. The van der Waals surface area contributed by atoms with E-state index in [1.165, 1.54) is 19.2 Å². The molecule has 3 atom stereocenters. The first-order valence-corrected chi connectivity index (χ1v) is 14.3. The van der Waals surface area contributed by atoms with Gasteiger partial charge in [-0.1, -0.05) is 30.7 Å². The van der Waals surface area contributed by atoms with Crippen molar-refractivity contribution in [2.45, 2.75) is 63.1 Å². The Morgan fingerprint density at radius 2 is 1.63 bits per heavy atom. The molecule has 2 aliphatic carbocycles. The van der Waals surface area contributed by atoms with Crippen LogP contribution in [0.15, 0.2) is 72.8 Å². The summed E-state index contributed by atoms with van der Waals surface area (Å²) in [6.07, 6.45) is 4.41. The molecule has 0 bridgehead atoms. The number of hydrogen-bond donors (Lipinski definition) is 0. The Bertz CT molecular complexity index is 1440. The Morgan fingerprint density at radius 3 is 2.34 bits per heavy atom. The number of rotatable bonds is 8. The second kappa shape index (κ2) is 11.4. The number of anilines is 1. The smallest absolute Gasteiger partial charge is 0.306 e. The van der Waals surface area contributed by atoms with E-state index >= 15 is 0 Å². The van der Waals surface area contributed by atoms with Gasteiger partial charge in [-0.3, -0.25) is 14.4 Å². The number of carbonyl (C=O) groups is 3. The largest absolute Gasteiger partial charge is 0.469 e. The van der Waals surface area contributed by atoms with Crippen molar-refractivity contribution in [2.75, 3.05) is 12.0 Å². The average molecular weight is 557 g/mol. The first kappa shape index (κ1) is 27.0.